The molecule has 0 bridgehead atoms. The van der Waals surface area contributed by atoms with Gasteiger partial charge in [-0.3, -0.25) is 19.2 Å². The molecule has 1 aromatic heterocycles. The van der Waals surface area contributed by atoms with Gasteiger partial charge in [-0.25, -0.2) is 19.6 Å². The molecule has 2 fully saturated rings. The van der Waals surface area contributed by atoms with Crippen molar-refractivity contribution < 1.29 is 66.7 Å². The third kappa shape index (κ3) is 20.4. The lowest BCUT2D eigenvalue weighted by Gasteiger charge is -2.26. The Balaban J connectivity index is 0.861. The molecule has 8 rings (SSSR count). The van der Waals surface area contributed by atoms with E-state index < -0.39 is 41.6 Å². The molecule has 5 aromatic carbocycles. The molecule has 17 nitrogen and oxygen atoms in total. The van der Waals surface area contributed by atoms with Crippen LogP contribution in [0.4, 0.5) is 5.13 Å². The molecule has 466 valence electrons. The summed E-state index contributed by atoms with van der Waals surface area (Å²) in [6.07, 6.45) is 18.4. The second-order valence-corrected chi connectivity index (χ2v) is 23.3. The van der Waals surface area contributed by atoms with E-state index in [0.29, 0.717) is 118 Å². The van der Waals surface area contributed by atoms with Gasteiger partial charge in [-0.1, -0.05) is 81.0 Å². The number of rotatable bonds is 34. The quantitative estimate of drug-likeness (QED) is 0.00920. The number of anilines is 1. The predicted octanol–water partition coefficient (Wildman–Crippen LogP) is 14.8. The fourth-order valence-corrected chi connectivity index (χ4v) is 11.6. The Morgan fingerprint density at radius 3 is 1.49 bits per heavy atom. The third-order valence-corrected chi connectivity index (χ3v) is 16.8. The fraction of sp³-hybridized carbons (Fsp3) is 0.429. The van der Waals surface area contributed by atoms with Crippen LogP contribution in [0.3, 0.4) is 0 Å². The molecule has 0 unspecified atom stereocenters. The summed E-state index contributed by atoms with van der Waals surface area (Å²) < 4.78 is 46.5. The number of benzene rings is 5. The normalized spacial score (nSPS) is 16.5. The van der Waals surface area contributed by atoms with E-state index in [4.69, 9.17) is 48.0 Å². The monoisotopic (exact) mass is 1220 g/mol. The number of carbonyl (C=O) groups excluding carboxylic acids is 6. The average Bonchev–Trinajstić information content (AvgIpc) is 3.46. The molecule has 0 N–H and O–H groups in total. The van der Waals surface area contributed by atoms with Crippen molar-refractivity contribution in [2.24, 2.45) is 28.8 Å². The Kier molecular flexibility index (Phi) is 26.0. The number of thiazole rings is 1. The predicted molar refractivity (Wildman–Crippen MR) is 339 cm³/mol. The van der Waals surface area contributed by atoms with Crippen LogP contribution in [0.15, 0.2) is 134 Å². The Hall–Kier alpha value is -8.38. The standard InChI is InChI=1S/C70H81N3O14S/c1-4-7-8-15-42-73(70-72-65-60-21-14-13-20-49(60)30-41-62(65)88-70)71-48-54-47-59(86-68(78)52-24-22-50(23-25-52)66(76)84-57-35-31-55(32-36-57)80-43-16-9-11-18-45-82-63(74)5-2)39-40-61(54)87-69(79)53-28-26-51(27-29-53)67(77)85-58-37-33-56(34-38-58)81-44-17-10-12-19-46-83-64(75)6-3/h5-6,13-14,20-21,30-41,47-48,50-53H,2-4,7-12,15-19,22-29,42-46H2,1H3. The Morgan fingerprint density at radius 1 is 0.523 bits per heavy atom. The second kappa shape index (κ2) is 34.8. The number of fused-ring (bicyclic) bond motifs is 3. The second-order valence-electron chi connectivity index (χ2n) is 22.3. The molecular weight excluding hydrogens is 1140 g/mol. The number of unbranched alkanes of at least 4 members (excludes halogenated alkanes) is 9. The largest absolute Gasteiger partial charge is 0.494 e. The highest BCUT2D eigenvalue weighted by Gasteiger charge is 2.34. The zero-order valence-electron chi connectivity index (χ0n) is 50.4. The number of carbonyl (C=O) groups is 6. The van der Waals surface area contributed by atoms with Crippen LogP contribution in [0.2, 0.25) is 0 Å². The molecule has 0 atom stereocenters. The summed E-state index contributed by atoms with van der Waals surface area (Å²) in [5, 5.41) is 9.76. The van der Waals surface area contributed by atoms with E-state index in [1.54, 1.807) is 84.3 Å². The van der Waals surface area contributed by atoms with Crippen LogP contribution in [-0.2, 0) is 38.2 Å². The lowest BCUT2D eigenvalue weighted by atomic mass is 9.82. The lowest BCUT2D eigenvalue weighted by molar-refractivity contribution is -0.145. The van der Waals surface area contributed by atoms with Gasteiger partial charge in [0.2, 0.25) is 5.13 Å². The van der Waals surface area contributed by atoms with Crippen LogP contribution in [0.1, 0.15) is 141 Å². The van der Waals surface area contributed by atoms with E-state index in [9.17, 15) is 28.8 Å². The molecular formula is C70H81N3O14S. The first-order valence-corrected chi connectivity index (χ1v) is 31.9. The van der Waals surface area contributed by atoms with E-state index in [1.807, 2.05) is 17.1 Å². The number of hydrogen-bond donors (Lipinski definition) is 0. The zero-order valence-corrected chi connectivity index (χ0v) is 51.2. The topological polar surface area (TPSA) is 205 Å². The van der Waals surface area contributed by atoms with Gasteiger partial charge in [0.25, 0.3) is 0 Å². The first-order chi connectivity index (χ1) is 43.0. The number of hydrogen-bond acceptors (Lipinski definition) is 18. The van der Waals surface area contributed by atoms with Crippen molar-refractivity contribution in [1.29, 1.82) is 0 Å². The minimum absolute atomic E-state index is 0.239. The van der Waals surface area contributed by atoms with Crippen molar-refractivity contribution in [2.75, 3.05) is 38.0 Å². The molecule has 0 saturated heterocycles. The molecule has 0 spiro atoms. The Morgan fingerprint density at radius 2 is 0.977 bits per heavy atom. The highest BCUT2D eigenvalue weighted by atomic mass is 32.1. The van der Waals surface area contributed by atoms with Gasteiger partial charge in [0, 0.05) is 29.6 Å². The maximum Gasteiger partial charge on any atom is 0.330 e. The fourth-order valence-electron chi connectivity index (χ4n) is 10.7. The summed E-state index contributed by atoms with van der Waals surface area (Å²) in [7, 11) is 0. The van der Waals surface area contributed by atoms with E-state index in [2.05, 4.69) is 44.3 Å². The lowest BCUT2D eigenvalue weighted by Crippen LogP contribution is -2.30. The summed E-state index contributed by atoms with van der Waals surface area (Å²) in [5.41, 5.74) is 1.31. The number of esters is 6. The summed E-state index contributed by atoms with van der Waals surface area (Å²) >= 11 is 1.55. The molecule has 2 saturated carbocycles. The molecule has 1 heterocycles. The van der Waals surface area contributed by atoms with Gasteiger partial charge in [-0.15, -0.1) is 0 Å². The van der Waals surface area contributed by atoms with Crippen molar-refractivity contribution >= 4 is 79.5 Å². The molecule has 6 aromatic rings. The Labute approximate surface area is 519 Å². The van der Waals surface area contributed by atoms with E-state index in [1.165, 1.54) is 0 Å². The van der Waals surface area contributed by atoms with Crippen LogP contribution in [0.5, 0.6) is 34.5 Å². The zero-order chi connectivity index (χ0) is 61.9. The SMILES string of the molecule is C=CC(=O)OCCCCCCOc1ccc(OC(=O)C2CCC(C(=O)Oc3ccc(OC(=O)C4CCC(C(=O)Oc5ccc(OCCCCCCOC(=O)C=C)cc5)CC4)c(C=NN(CCCCCC)c4nc5c(ccc6ccccc65)s4)c3)CC2)cc1. The summed E-state index contributed by atoms with van der Waals surface area (Å²) in [6, 6.07) is 31.1. The van der Waals surface area contributed by atoms with Gasteiger partial charge < -0.3 is 37.9 Å². The summed E-state index contributed by atoms with van der Waals surface area (Å²) in [6.45, 7) is 11.3. The van der Waals surface area contributed by atoms with Gasteiger partial charge >= 0.3 is 35.8 Å². The third-order valence-electron chi connectivity index (χ3n) is 15.8. The average molecular weight is 1220 g/mol. The summed E-state index contributed by atoms with van der Waals surface area (Å²) in [4.78, 5) is 82.1. The minimum atomic E-state index is -0.473. The number of aromatic nitrogens is 1. The van der Waals surface area contributed by atoms with Crippen LogP contribution in [-0.4, -0.2) is 80.0 Å². The highest BCUT2D eigenvalue weighted by molar-refractivity contribution is 7.22. The maximum absolute atomic E-state index is 14.1. The van der Waals surface area contributed by atoms with Gasteiger partial charge in [-0.2, -0.15) is 5.10 Å². The summed E-state index contributed by atoms with van der Waals surface area (Å²) in [5.74, 6) is -1.45. The maximum atomic E-state index is 14.1. The molecule has 0 radical (unpaired) electrons. The Bertz CT molecular complexity index is 3310. The van der Waals surface area contributed by atoms with Crippen molar-refractivity contribution in [1.82, 2.24) is 4.98 Å². The van der Waals surface area contributed by atoms with Gasteiger partial charge in [0.1, 0.15) is 34.5 Å². The highest BCUT2D eigenvalue weighted by Crippen LogP contribution is 2.37. The smallest absolute Gasteiger partial charge is 0.330 e. The molecule has 88 heavy (non-hydrogen) atoms. The van der Waals surface area contributed by atoms with Crippen molar-refractivity contribution in [3.05, 3.63) is 134 Å². The van der Waals surface area contributed by atoms with Crippen molar-refractivity contribution in [3.63, 3.8) is 0 Å². The molecule has 0 amide bonds. The molecule has 18 heteroatoms. The first-order valence-electron chi connectivity index (χ1n) is 31.1. The van der Waals surface area contributed by atoms with Crippen LogP contribution in [0, 0.1) is 23.7 Å². The molecule has 2 aliphatic carbocycles. The number of nitrogens with zero attached hydrogens (tertiary/aromatic N) is 3. The number of hydrazone groups is 1. The van der Waals surface area contributed by atoms with Crippen LogP contribution < -0.4 is 33.4 Å². The van der Waals surface area contributed by atoms with E-state index >= 15 is 0 Å². The van der Waals surface area contributed by atoms with Gasteiger partial charge in [-0.05, 0) is 187 Å². The van der Waals surface area contributed by atoms with Crippen molar-refractivity contribution in [2.45, 2.75) is 135 Å². The molecule has 2 aliphatic rings. The van der Waals surface area contributed by atoms with E-state index in [0.717, 1.165) is 110 Å². The number of ether oxygens (including phenoxy) is 8. The van der Waals surface area contributed by atoms with Crippen LogP contribution in [0.25, 0.3) is 21.0 Å². The van der Waals surface area contributed by atoms with Crippen molar-refractivity contribution in [3.8, 4) is 34.5 Å². The van der Waals surface area contributed by atoms with E-state index in [-0.39, 0.29) is 29.4 Å². The molecule has 0 aliphatic heterocycles. The van der Waals surface area contributed by atoms with Gasteiger partial charge in [0.15, 0.2) is 0 Å². The first kappa shape index (κ1) is 65.6. The minimum Gasteiger partial charge on any atom is -0.494 e. The van der Waals surface area contributed by atoms with Gasteiger partial charge in [0.05, 0.1) is 66.5 Å². The van der Waals surface area contributed by atoms with Crippen LogP contribution >= 0.6 is 11.3 Å².